The predicted octanol–water partition coefficient (Wildman–Crippen LogP) is 7.07. The van der Waals surface area contributed by atoms with Gasteiger partial charge in [0, 0.05) is 0 Å². The number of hydrogen-bond acceptors (Lipinski definition) is 3. The SMILES string of the molecule is CCCCCC=CC1C(C(=O)OCc2ccc(F)c(Oc3ccccc3)c2)C1(C)C. The molecule has 2 unspecified atom stereocenters. The molecule has 0 aromatic heterocycles. The zero-order chi connectivity index (χ0) is 21.6. The van der Waals surface area contributed by atoms with Gasteiger partial charge in [-0.2, -0.15) is 0 Å². The predicted molar refractivity (Wildman–Crippen MR) is 117 cm³/mol. The Morgan fingerprint density at radius 1 is 1.13 bits per heavy atom. The van der Waals surface area contributed by atoms with Crippen LogP contribution in [0.1, 0.15) is 52.0 Å². The molecule has 2 atom stereocenters. The molecule has 4 heteroatoms. The molecule has 0 aliphatic heterocycles. The summed E-state index contributed by atoms with van der Waals surface area (Å²) in [6.45, 7) is 6.49. The Labute approximate surface area is 178 Å². The van der Waals surface area contributed by atoms with Crippen molar-refractivity contribution < 1.29 is 18.7 Å². The van der Waals surface area contributed by atoms with E-state index in [0.717, 1.165) is 6.42 Å². The number of esters is 1. The van der Waals surface area contributed by atoms with Gasteiger partial charge in [-0.15, -0.1) is 0 Å². The van der Waals surface area contributed by atoms with E-state index in [1.54, 1.807) is 24.3 Å². The molecule has 0 spiro atoms. The summed E-state index contributed by atoms with van der Waals surface area (Å²) in [4.78, 5) is 12.6. The summed E-state index contributed by atoms with van der Waals surface area (Å²) in [5.74, 6) is 0.119. The lowest BCUT2D eigenvalue weighted by Crippen LogP contribution is -2.10. The highest BCUT2D eigenvalue weighted by Crippen LogP contribution is 2.59. The number of para-hydroxylation sites is 1. The number of benzene rings is 2. The number of ether oxygens (including phenoxy) is 2. The summed E-state index contributed by atoms with van der Waals surface area (Å²) < 4.78 is 25.3. The van der Waals surface area contributed by atoms with Crippen LogP contribution in [0.15, 0.2) is 60.7 Å². The third kappa shape index (κ3) is 5.50. The first-order valence-electron chi connectivity index (χ1n) is 10.8. The van der Waals surface area contributed by atoms with Crippen LogP contribution in [0.5, 0.6) is 11.5 Å². The molecular weight excluding hydrogens is 379 g/mol. The first kappa shape index (κ1) is 22.1. The van der Waals surface area contributed by atoms with Crippen LogP contribution < -0.4 is 4.74 Å². The summed E-state index contributed by atoms with van der Waals surface area (Å²) in [7, 11) is 0. The molecule has 3 nitrogen and oxygen atoms in total. The van der Waals surface area contributed by atoms with Crippen LogP contribution in [0.25, 0.3) is 0 Å². The van der Waals surface area contributed by atoms with E-state index in [2.05, 4.69) is 32.9 Å². The lowest BCUT2D eigenvalue weighted by molar-refractivity contribution is -0.147. The lowest BCUT2D eigenvalue weighted by atomic mass is 10.1. The van der Waals surface area contributed by atoms with Crippen LogP contribution in [0.4, 0.5) is 4.39 Å². The van der Waals surface area contributed by atoms with Gasteiger partial charge in [-0.1, -0.05) is 70.0 Å². The summed E-state index contributed by atoms with van der Waals surface area (Å²) in [5.41, 5.74) is 0.615. The van der Waals surface area contributed by atoms with Crippen molar-refractivity contribution in [2.24, 2.45) is 17.3 Å². The smallest absolute Gasteiger partial charge is 0.310 e. The fraction of sp³-hybridized carbons (Fsp3) is 0.423. The van der Waals surface area contributed by atoms with Gasteiger partial charge in [0.1, 0.15) is 12.4 Å². The van der Waals surface area contributed by atoms with Gasteiger partial charge in [-0.25, -0.2) is 4.39 Å². The number of carbonyl (C=O) groups excluding carboxylic acids is 1. The Kier molecular flexibility index (Phi) is 7.30. The van der Waals surface area contributed by atoms with Crippen LogP contribution in [-0.2, 0) is 16.1 Å². The van der Waals surface area contributed by atoms with Crippen molar-refractivity contribution in [1.82, 2.24) is 0 Å². The molecule has 2 aromatic rings. The molecule has 0 N–H and O–H groups in total. The van der Waals surface area contributed by atoms with Crippen LogP contribution in [0.2, 0.25) is 0 Å². The van der Waals surface area contributed by atoms with Crippen molar-refractivity contribution in [2.75, 3.05) is 0 Å². The zero-order valence-corrected chi connectivity index (χ0v) is 18.1. The third-order valence-corrected chi connectivity index (χ3v) is 5.83. The second-order valence-electron chi connectivity index (χ2n) is 8.54. The molecule has 1 aliphatic rings. The molecule has 1 saturated carbocycles. The fourth-order valence-corrected chi connectivity index (χ4v) is 3.82. The first-order valence-corrected chi connectivity index (χ1v) is 10.8. The second kappa shape index (κ2) is 9.92. The maximum absolute atomic E-state index is 14.1. The standard InChI is InChI=1S/C26H31FO3/c1-4-5-6-7-11-14-21-24(26(21,2)3)25(28)29-18-19-15-16-22(27)23(17-19)30-20-12-9-8-10-13-20/h8-17,21,24H,4-7,18H2,1-3H3. The molecule has 3 rings (SSSR count). The molecule has 160 valence electrons. The van der Waals surface area contributed by atoms with Crippen molar-refractivity contribution in [1.29, 1.82) is 0 Å². The zero-order valence-electron chi connectivity index (χ0n) is 18.1. The van der Waals surface area contributed by atoms with E-state index in [9.17, 15) is 9.18 Å². The lowest BCUT2D eigenvalue weighted by Gasteiger charge is -2.10. The van der Waals surface area contributed by atoms with Gasteiger partial charge in [0.15, 0.2) is 11.6 Å². The Balaban J connectivity index is 1.55. The highest BCUT2D eigenvalue weighted by Gasteiger charge is 2.61. The Hall–Kier alpha value is -2.62. The van der Waals surface area contributed by atoms with Crippen LogP contribution in [0.3, 0.4) is 0 Å². The van der Waals surface area contributed by atoms with E-state index in [0.29, 0.717) is 11.3 Å². The van der Waals surface area contributed by atoms with Gasteiger partial charge in [0.05, 0.1) is 5.92 Å². The van der Waals surface area contributed by atoms with Crippen LogP contribution in [-0.4, -0.2) is 5.97 Å². The van der Waals surface area contributed by atoms with Gasteiger partial charge in [-0.3, -0.25) is 4.79 Å². The van der Waals surface area contributed by atoms with Crippen molar-refractivity contribution in [3.05, 3.63) is 72.1 Å². The van der Waals surface area contributed by atoms with Crippen LogP contribution >= 0.6 is 0 Å². The van der Waals surface area contributed by atoms with E-state index in [-0.39, 0.29) is 35.6 Å². The van der Waals surface area contributed by atoms with E-state index in [1.165, 1.54) is 25.3 Å². The molecule has 30 heavy (non-hydrogen) atoms. The average molecular weight is 411 g/mol. The first-order chi connectivity index (χ1) is 14.4. The minimum atomic E-state index is -0.453. The molecule has 0 bridgehead atoms. The van der Waals surface area contributed by atoms with Gasteiger partial charge in [0.2, 0.25) is 0 Å². The molecule has 1 aliphatic carbocycles. The highest BCUT2D eigenvalue weighted by molar-refractivity contribution is 5.78. The maximum Gasteiger partial charge on any atom is 0.310 e. The number of halogens is 1. The molecule has 0 radical (unpaired) electrons. The average Bonchev–Trinajstić information content (AvgIpc) is 3.29. The van der Waals surface area contributed by atoms with Gasteiger partial charge in [-0.05, 0) is 54.0 Å². The van der Waals surface area contributed by atoms with Gasteiger partial charge in [0.25, 0.3) is 0 Å². The normalized spacial score (nSPS) is 19.6. The number of hydrogen-bond donors (Lipinski definition) is 0. The summed E-state index contributed by atoms with van der Waals surface area (Å²) in [6.07, 6.45) is 9.06. The van der Waals surface area contributed by atoms with E-state index >= 15 is 0 Å². The maximum atomic E-state index is 14.1. The van der Waals surface area contributed by atoms with Crippen molar-refractivity contribution >= 4 is 5.97 Å². The molecule has 0 saturated heterocycles. The van der Waals surface area contributed by atoms with Gasteiger partial charge < -0.3 is 9.47 Å². The summed E-state index contributed by atoms with van der Waals surface area (Å²) >= 11 is 0. The molecule has 2 aromatic carbocycles. The van der Waals surface area contributed by atoms with Gasteiger partial charge >= 0.3 is 5.97 Å². The Bertz CT molecular complexity index is 873. The Morgan fingerprint density at radius 3 is 2.63 bits per heavy atom. The van der Waals surface area contributed by atoms with Crippen LogP contribution in [0, 0.1) is 23.1 Å². The minimum absolute atomic E-state index is 0.0806. The second-order valence-corrected chi connectivity index (χ2v) is 8.54. The Morgan fingerprint density at radius 2 is 1.90 bits per heavy atom. The van der Waals surface area contributed by atoms with Crippen molar-refractivity contribution in [2.45, 2.75) is 53.1 Å². The minimum Gasteiger partial charge on any atom is -0.461 e. The monoisotopic (exact) mass is 410 g/mol. The van der Waals surface area contributed by atoms with Crippen molar-refractivity contribution in [3.63, 3.8) is 0 Å². The highest BCUT2D eigenvalue weighted by atomic mass is 19.1. The number of allylic oxidation sites excluding steroid dienone is 2. The summed E-state index contributed by atoms with van der Waals surface area (Å²) in [5, 5.41) is 0. The topological polar surface area (TPSA) is 35.5 Å². The van der Waals surface area contributed by atoms with Crippen molar-refractivity contribution in [3.8, 4) is 11.5 Å². The third-order valence-electron chi connectivity index (χ3n) is 5.83. The largest absolute Gasteiger partial charge is 0.461 e. The quantitative estimate of drug-likeness (QED) is 0.239. The number of unbranched alkanes of at least 4 members (excludes halogenated alkanes) is 3. The molecule has 1 fully saturated rings. The van der Waals surface area contributed by atoms with E-state index in [4.69, 9.17) is 9.47 Å². The molecule has 0 heterocycles. The fourth-order valence-electron chi connectivity index (χ4n) is 3.82. The molecular formula is C26H31FO3. The van der Waals surface area contributed by atoms with E-state index in [1.807, 2.05) is 18.2 Å². The number of carbonyl (C=O) groups is 1. The number of rotatable bonds is 10. The summed E-state index contributed by atoms with van der Waals surface area (Å²) in [6, 6.07) is 13.6. The van der Waals surface area contributed by atoms with E-state index < -0.39 is 5.82 Å². The molecule has 0 amide bonds.